The van der Waals surface area contributed by atoms with Crippen LogP contribution in [-0.4, -0.2) is 13.4 Å². The van der Waals surface area contributed by atoms with Gasteiger partial charge in [-0.15, -0.1) is 11.3 Å². The van der Waals surface area contributed by atoms with E-state index < -0.39 is 32.4 Å². The monoisotopic (exact) mass is 294 g/mol. The minimum Gasteiger partial charge on any atom is -0.263 e. The van der Waals surface area contributed by atoms with E-state index in [1.807, 2.05) is 4.72 Å². The molecule has 1 aromatic carbocycles. The van der Waals surface area contributed by atoms with Crippen LogP contribution < -0.4 is 4.72 Å². The Hall–Kier alpha value is -1.61. The van der Waals surface area contributed by atoms with Crippen LogP contribution in [0.1, 0.15) is 0 Å². The maximum atomic E-state index is 13.3. The molecule has 0 aliphatic carbocycles. The molecule has 0 aliphatic rings. The number of aromatic nitrogens is 1. The molecule has 0 atom stereocenters. The third-order valence-electron chi connectivity index (χ3n) is 1.96. The van der Waals surface area contributed by atoms with Crippen molar-refractivity contribution < 1.29 is 21.6 Å². The third kappa shape index (κ3) is 2.31. The highest BCUT2D eigenvalue weighted by Gasteiger charge is 2.24. The largest absolute Gasteiger partial charge is 0.266 e. The maximum absolute atomic E-state index is 13.3. The van der Waals surface area contributed by atoms with Gasteiger partial charge in [-0.05, 0) is 12.1 Å². The molecular formula is C9H5F3N2O2S2. The number of nitrogens with one attached hydrogen (secondary N) is 1. The fourth-order valence-corrected chi connectivity index (χ4v) is 2.80. The number of sulfonamides is 1. The second-order valence-corrected chi connectivity index (χ2v) is 5.52. The molecule has 4 nitrogen and oxygen atoms in total. The molecule has 0 unspecified atom stereocenters. The lowest BCUT2D eigenvalue weighted by Gasteiger charge is -2.07. The molecule has 96 valence electrons. The molecule has 0 fully saturated rings. The summed E-state index contributed by atoms with van der Waals surface area (Å²) in [5.74, 6) is -5.09. The topological polar surface area (TPSA) is 59.1 Å². The summed E-state index contributed by atoms with van der Waals surface area (Å²) in [4.78, 5) is 2.66. The smallest absolute Gasteiger partial charge is 0.263 e. The Morgan fingerprint density at radius 1 is 1.17 bits per heavy atom. The van der Waals surface area contributed by atoms with Crippen LogP contribution in [0.5, 0.6) is 0 Å². The maximum Gasteiger partial charge on any atom is 0.266 e. The van der Waals surface area contributed by atoms with E-state index in [-0.39, 0.29) is 5.82 Å². The van der Waals surface area contributed by atoms with Gasteiger partial charge in [0.2, 0.25) is 0 Å². The fourth-order valence-electron chi connectivity index (χ4n) is 1.17. The lowest BCUT2D eigenvalue weighted by molar-refractivity contribution is 0.432. The van der Waals surface area contributed by atoms with E-state index in [9.17, 15) is 21.6 Å². The van der Waals surface area contributed by atoms with Gasteiger partial charge in [-0.2, -0.15) is 0 Å². The molecule has 2 aromatic rings. The Balaban J connectivity index is 2.45. The third-order valence-corrected chi connectivity index (χ3v) is 3.92. The van der Waals surface area contributed by atoms with Crippen LogP contribution in [0.15, 0.2) is 27.9 Å². The van der Waals surface area contributed by atoms with E-state index in [0.29, 0.717) is 12.1 Å². The first-order valence-corrected chi connectivity index (χ1v) is 6.89. The predicted molar refractivity (Wildman–Crippen MR) is 59.2 cm³/mol. The summed E-state index contributed by atoms with van der Waals surface area (Å²) in [5, 5.41) is 1.37. The molecule has 0 radical (unpaired) electrons. The average molecular weight is 294 g/mol. The van der Waals surface area contributed by atoms with Crippen molar-refractivity contribution in [1.82, 2.24) is 4.98 Å². The molecule has 0 spiro atoms. The number of thiazole rings is 1. The quantitative estimate of drug-likeness (QED) is 0.884. The highest BCUT2D eigenvalue weighted by molar-refractivity contribution is 7.92. The summed E-state index contributed by atoms with van der Waals surface area (Å²) in [7, 11) is -4.34. The summed E-state index contributed by atoms with van der Waals surface area (Å²) in [6.45, 7) is 0. The minimum absolute atomic E-state index is 0.0240. The molecule has 0 saturated heterocycles. The van der Waals surface area contributed by atoms with Crippen LogP contribution in [-0.2, 0) is 10.0 Å². The molecule has 2 rings (SSSR count). The number of nitrogens with zero attached hydrogens (tertiary/aromatic N) is 1. The Morgan fingerprint density at radius 2 is 1.89 bits per heavy atom. The van der Waals surface area contributed by atoms with Gasteiger partial charge in [-0.3, -0.25) is 4.72 Å². The van der Waals surface area contributed by atoms with Gasteiger partial charge in [0.05, 0.1) is 5.51 Å². The van der Waals surface area contributed by atoms with Gasteiger partial charge in [0.1, 0.15) is 4.90 Å². The Labute approximate surface area is 104 Å². The second-order valence-electron chi connectivity index (χ2n) is 3.15. The average Bonchev–Trinajstić information content (AvgIpc) is 2.77. The predicted octanol–water partition coefficient (Wildman–Crippen LogP) is 2.36. The van der Waals surface area contributed by atoms with E-state index in [4.69, 9.17) is 0 Å². The molecule has 0 amide bonds. The van der Waals surface area contributed by atoms with Gasteiger partial charge in [-0.1, -0.05) is 0 Å². The van der Waals surface area contributed by atoms with Crippen molar-refractivity contribution in [3.8, 4) is 0 Å². The van der Waals surface area contributed by atoms with E-state index in [0.717, 1.165) is 11.3 Å². The first kappa shape index (κ1) is 12.8. The molecule has 0 bridgehead atoms. The van der Waals surface area contributed by atoms with Crippen molar-refractivity contribution >= 4 is 27.2 Å². The van der Waals surface area contributed by atoms with Crippen LogP contribution in [0, 0.1) is 17.5 Å². The van der Waals surface area contributed by atoms with E-state index in [2.05, 4.69) is 4.98 Å². The SMILES string of the molecule is O=S(=O)(Nc1cscn1)c1ccc(F)c(F)c1F. The van der Waals surface area contributed by atoms with Gasteiger partial charge in [0.15, 0.2) is 23.3 Å². The standard InChI is InChI=1S/C9H5F3N2O2S2/c10-5-1-2-6(9(12)8(5)11)18(15,16)14-7-3-17-4-13-7/h1-4,14H. The van der Waals surface area contributed by atoms with Crippen LogP contribution in [0.2, 0.25) is 0 Å². The van der Waals surface area contributed by atoms with Crippen molar-refractivity contribution in [2.45, 2.75) is 4.90 Å². The van der Waals surface area contributed by atoms with Gasteiger partial charge < -0.3 is 0 Å². The Bertz CT molecular complexity index is 671. The minimum atomic E-state index is -4.34. The van der Waals surface area contributed by atoms with Crippen LogP contribution in [0.25, 0.3) is 0 Å². The summed E-state index contributed by atoms with van der Waals surface area (Å²) in [6, 6.07) is 1.18. The first-order chi connectivity index (χ1) is 8.42. The number of anilines is 1. The van der Waals surface area contributed by atoms with Crippen LogP contribution in [0.4, 0.5) is 19.0 Å². The second kappa shape index (κ2) is 4.58. The highest BCUT2D eigenvalue weighted by atomic mass is 32.2. The highest BCUT2D eigenvalue weighted by Crippen LogP contribution is 2.22. The van der Waals surface area contributed by atoms with Gasteiger partial charge >= 0.3 is 0 Å². The van der Waals surface area contributed by atoms with Gasteiger partial charge in [0, 0.05) is 5.38 Å². The molecule has 1 heterocycles. The van der Waals surface area contributed by atoms with E-state index >= 15 is 0 Å². The number of halogens is 3. The van der Waals surface area contributed by atoms with Crippen molar-refractivity contribution in [1.29, 1.82) is 0 Å². The molecule has 0 saturated carbocycles. The molecule has 0 aliphatic heterocycles. The lowest BCUT2D eigenvalue weighted by atomic mass is 10.3. The van der Waals surface area contributed by atoms with Crippen LogP contribution >= 0.6 is 11.3 Å². The zero-order chi connectivity index (χ0) is 13.3. The van der Waals surface area contributed by atoms with Crippen LogP contribution in [0.3, 0.4) is 0 Å². The summed E-state index contributed by atoms with van der Waals surface area (Å²) in [5.41, 5.74) is 1.36. The van der Waals surface area contributed by atoms with Gasteiger partial charge in [-0.25, -0.2) is 26.6 Å². The summed E-state index contributed by atoms with van der Waals surface area (Å²) < 4.78 is 64.3. The Kier molecular flexibility index (Phi) is 3.26. The molecular weight excluding hydrogens is 289 g/mol. The lowest BCUT2D eigenvalue weighted by Crippen LogP contribution is -2.16. The normalized spacial score (nSPS) is 11.5. The fraction of sp³-hybridized carbons (Fsp3) is 0. The number of benzene rings is 1. The zero-order valence-electron chi connectivity index (χ0n) is 8.52. The number of hydrogen-bond acceptors (Lipinski definition) is 4. The first-order valence-electron chi connectivity index (χ1n) is 4.46. The van der Waals surface area contributed by atoms with Crippen molar-refractivity contribution in [2.24, 2.45) is 0 Å². The Morgan fingerprint density at radius 3 is 2.50 bits per heavy atom. The number of hydrogen-bond donors (Lipinski definition) is 1. The molecule has 1 aromatic heterocycles. The molecule has 9 heteroatoms. The zero-order valence-corrected chi connectivity index (χ0v) is 10.2. The number of rotatable bonds is 3. The molecule has 1 N–H and O–H groups in total. The van der Waals surface area contributed by atoms with Gasteiger partial charge in [0.25, 0.3) is 10.0 Å². The summed E-state index contributed by atoms with van der Waals surface area (Å²) in [6.07, 6.45) is 0. The van der Waals surface area contributed by atoms with Crippen molar-refractivity contribution in [3.63, 3.8) is 0 Å². The van der Waals surface area contributed by atoms with E-state index in [1.54, 1.807) is 0 Å². The van der Waals surface area contributed by atoms with Crippen molar-refractivity contribution in [3.05, 3.63) is 40.5 Å². The molecule has 18 heavy (non-hydrogen) atoms. The van der Waals surface area contributed by atoms with Crippen molar-refractivity contribution in [2.75, 3.05) is 4.72 Å². The van der Waals surface area contributed by atoms with E-state index in [1.165, 1.54) is 10.9 Å². The summed E-state index contributed by atoms with van der Waals surface area (Å²) >= 11 is 1.12.